The van der Waals surface area contributed by atoms with Crippen molar-refractivity contribution in [3.05, 3.63) is 64.2 Å². The summed E-state index contributed by atoms with van der Waals surface area (Å²) >= 11 is 6.12. The Balaban J connectivity index is 1.72. The smallest absolute Gasteiger partial charge is 0.120 e. The Morgan fingerprint density at radius 3 is 2.89 bits per heavy atom. The molecule has 0 saturated carbocycles. The van der Waals surface area contributed by atoms with E-state index in [1.54, 1.807) is 0 Å². The summed E-state index contributed by atoms with van der Waals surface area (Å²) in [6.45, 7) is 2.50. The Kier molecular flexibility index (Phi) is 3.72. The molecule has 1 aliphatic rings. The number of hydrogen-bond donors (Lipinski definition) is 1. The second-order valence-electron chi connectivity index (χ2n) is 4.74. The van der Waals surface area contributed by atoms with Crippen LogP contribution in [0.3, 0.4) is 0 Å². The summed E-state index contributed by atoms with van der Waals surface area (Å²) in [5, 5.41) is 4.13. The van der Waals surface area contributed by atoms with Gasteiger partial charge < -0.3 is 10.1 Å². The number of rotatable bonds is 3. The first kappa shape index (κ1) is 12.5. The summed E-state index contributed by atoms with van der Waals surface area (Å²) in [6.07, 6.45) is 1.10. The maximum absolute atomic E-state index is 6.12. The fourth-order valence-corrected chi connectivity index (χ4v) is 2.51. The predicted molar refractivity (Wildman–Crippen MR) is 77.6 cm³/mol. The summed E-state index contributed by atoms with van der Waals surface area (Å²) in [5.74, 6) is 0.905. The maximum atomic E-state index is 6.12. The van der Waals surface area contributed by atoms with Gasteiger partial charge in [0.1, 0.15) is 12.4 Å². The molecule has 1 heterocycles. The molecule has 2 nitrogen and oxygen atoms in total. The van der Waals surface area contributed by atoms with Gasteiger partial charge in [-0.25, -0.2) is 0 Å². The largest absolute Gasteiger partial charge is 0.489 e. The van der Waals surface area contributed by atoms with Crippen LogP contribution in [0.1, 0.15) is 16.7 Å². The van der Waals surface area contributed by atoms with E-state index >= 15 is 0 Å². The SMILES string of the molecule is Clc1ccccc1COc1ccc2c(c1)CNCC2. The fraction of sp³-hybridized carbons (Fsp3) is 0.250. The van der Waals surface area contributed by atoms with Crippen LogP contribution in [-0.4, -0.2) is 6.54 Å². The zero-order valence-corrected chi connectivity index (χ0v) is 11.4. The highest BCUT2D eigenvalue weighted by Gasteiger charge is 2.09. The van der Waals surface area contributed by atoms with Gasteiger partial charge in [-0.3, -0.25) is 0 Å². The van der Waals surface area contributed by atoms with Crippen molar-refractivity contribution in [2.45, 2.75) is 19.6 Å². The highest BCUT2D eigenvalue weighted by atomic mass is 35.5. The van der Waals surface area contributed by atoms with Gasteiger partial charge in [0.2, 0.25) is 0 Å². The Labute approximate surface area is 118 Å². The van der Waals surface area contributed by atoms with Crippen LogP contribution in [0.2, 0.25) is 5.02 Å². The number of hydrogen-bond acceptors (Lipinski definition) is 2. The van der Waals surface area contributed by atoms with Gasteiger partial charge >= 0.3 is 0 Å². The fourth-order valence-electron chi connectivity index (χ4n) is 2.32. The minimum absolute atomic E-state index is 0.506. The minimum atomic E-state index is 0.506. The van der Waals surface area contributed by atoms with Crippen LogP contribution in [0, 0.1) is 0 Å². The van der Waals surface area contributed by atoms with Crippen molar-refractivity contribution in [3.8, 4) is 5.75 Å². The molecule has 0 fully saturated rings. The van der Waals surface area contributed by atoms with Gasteiger partial charge in [0.25, 0.3) is 0 Å². The van der Waals surface area contributed by atoms with Gasteiger partial charge in [0.15, 0.2) is 0 Å². The Hall–Kier alpha value is -1.51. The summed E-state index contributed by atoms with van der Waals surface area (Å²) in [7, 11) is 0. The van der Waals surface area contributed by atoms with E-state index < -0.39 is 0 Å². The quantitative estimate of drug-likeness (QED) is 0.923. The molecule has 0 aromatic heterocycles. The third kappa shape index (κ3) is 2.91. The van der Waals surface area contributed by atoms with E-state index in [4.69, 9.17) is 16.3 Å². The molecule has 0 bridgehead atoms. The molecular weight excluding hydrogens is 258 g/mol. The van der Waals surface area contributed by atoms with Crippen molar-refractivity contribution >= 4 is 11.6 Å². The highest BCUT2D eigenvalue weighted by Crippen LogP contribution is 2.23. The lowest BCUT2D eigenvalue weighted by atomic mass is 10.0. The van der Waals surface area contributed by atoms with Crippen LogP contribution < -0.4 is 10.1 Å². The average molecular weight is 274 g/mol. The van der Waals surface area contributed by atoms with Crippen LogP contribution in [0.15, 0.2) is 42.5 Å². The molecule has 3 rings (SSSR count). The molecule has 0 amide bonds. The molecular formula is C16H16ClNO. The van der Waals surface area contributed by atoms with Gasteiger partial charge in [-0.2, -0.15) is 0 Å². The van der Waals surface area contributed by atoms with Gasteiger partial charge in [-0.15, -0.1) is 0 Å². The molecule has 1 N–H and O–H groups in total. The van der Waals surface area contributed by atoms with Crippen molar-refractivity contribution in [2.24, 2.45) is 0 Å². The molecule has 2 aromatic rings. The second-order valence-corrected chi connectivity index (χ2v) is 5.14. The first-order valence-electron chi connectivity index (χ1n) is 6.51. The molecule has 0 spiro atoms. The van der Waals surface area contributed by atoms with Crippen LogP contribution in [-0.2, 0) is 19.6 Å². The third-order valence-corrected chi connectivity index (χ3v) is 3.79. The van der Waals surface area contributed by atoms with E-state index in [2.05, 4.69) is 17.4 Å². The van der Waals surface area contributed by atoms with Gasteiger partial charge in [-0.1, -0.05) is 35.9 Å². The second kappa shape index (κ2) is 5.64. The summed E-state index contributed by atoms with van der Waals surface area (Å²) in [5.41, 5.74) is 3.77. The van der Waals surface area contributed by atoms with E-state index in [9.17, 15) is 0 Å². The topological polar surface area (TPSA) is 21.3 Å². The molecule has 0 aliphatic carbocycles. The van der Waals surface area contributed by atoms with Crippen LogP contribution in [0.4, 0.5) is 0 Å². The summed E-state index contributed by atoms with van der Waals surface area (Å²) in [6, 6.07) is 14.1. The molecule has 98 valence electrons. The summed E-state index contributed by atoms with van der Waals surface area (Å²) in [4.78, 5) is 0. The first-order valence-corrected chi connectivity index (χ1v) is 6.89. The number of benzene rings is 2. The third-order valence-electron chi connectivity index (χ3n) is 3.42. The number of fused-ring (bicyclic) bond motifs is 1. The Morgan fingerprint density at radius 1 is 1.11 bits per heavy atom. The number of ether oxygens (including phenoxy) is 1. The molecule has 2 aromatic carbocycles. The van der Waals surface area contributed by atoms with Gasteiger partial charge in [0.05, 0.1) is 0 Å². The summed E-state index contributed by atoms with van der Waals surface area (Å²) < 4.78 is 5.83. The van der Waals surface area contributed by atoms with E-state index in [0.29, 0.717) is 6.61 Å². The maximum Gasteiger partial charge on any atom is 0.120 e. The van der Waals surface area contributed by atoms with Crippen molar-refractivity contribution in [3.63, 3.8) is 0 Å². The average Bonchev–Trinajstić information content (AvgIpc) is 2.46. The molecule has 0 saturated heterocycles. The van der Waals surface area contributed by atoms with E-state index in [1.165, 1.54) is 11.1 Å². The molecule has 19 heavy (non-hydrogen) atoms. The number of nitrogens with one attached hydrogen (secondary N) is 1. The van der Waals surface area contributed by atoms with E-state index in [-0.39, 0.29) is 0 Å². The monoisotopic (exact) mass is 273 g/mol. The van der Waals surface area contributed by atoms with Crippen molar-refractivity contribution in [2.75, 3.05) is 6.54 Å². The molecule has 3 heteroatoms. The van der Waals surface area contributed by atoms with Gasteiger partial charge in [-0.05, 0) is 42.3 Å². The molecule has 0 unspecified atom stereocenters. The van der Waals surface area contributed by atoms with Crippen LogP contribution in [0.25, 0.3) is 0 Å². The molecule has 0 atom stereocenters. The highest BCUT2D eigenvalue weighted by molar-refractivity contribution is 6.31. The predicted octanol–water partition coefficient (Wildman–Crippen LogP) is 3.56. The lowest BCUT2D eigenvalue weighted by Crippen LogP contribution is -2.23. The van der Waals surface area contributed by atoms with Crippen molar-refractivity contribution in [1.29, 1.82) is 0 Å². The zero-order valence-electron chi connectivity index (χ0n) is 10.7. The van der Waals surface area contributed by atoms with Crippen molar-refractivity contribution in [1.82, 2.24) is 5.32 Å². The standard InChI is InChI=1S/C16H16ClNO/c17-16-4-2-1-3-13(16)11-19-15-6-5-12-7-8-18-10-14(12)9-15/h1-6,9,18H,7-8,10-11H2. The van der Waals surface area contributed by atoms with Crippen LogP contribution >= 0.6 is 11.6 Å². The Morgan fingerprint density at radius 2 is 2.00 bits per heavy atom. The normalized spacial score (nSPS) is 13.9. The first-order chi connectivity index (χ1) is 9.33. The van der Waals surface area contributed by atoms with Crippen LogP contribution in [0.5, 0.6) is 5.75 Å². The lowest BCUT2D eigenvalue weighted by Gasteiger charge is -2.18. The number of halogens is 1. The van der Waals surface area contributed by atoms with Crippen molar-refractivity contribution < 1.29 is 4.74 Å². The lowest BCUT2D eigenvalue weighted by molar-refractivity contribution is 0.305. The van der Waals surface area contributed by atoms with E-state index in [1.807, 2.05) is 30.3 Å². The minimum Gasteiger partial charge on any atom is -0.489 e. The van der Waals surface area contributed by atoms with E-state index in [0.717, 1.165) is 35.8 Å². The Bertz CT molecular complexity index is 583. The van der Waals surface area contributed by atoms with Gasteiger partial charge in [0, 0.05) is 17.1 Å². The molecule has 1 aliphatic heterocycles. The zero-order chi connectivity index (χ0) is 13.1. The molecule has 0 radical (unpaired) electrons.